The second-order valence-electron chi connectivity index (χ2n) is 5.34. The Balaban J connectivity index is 1.97. The van der Waals surface area contributed by atoms with Crippen molar-refractivity contribution in [2.45, 2.75) is 32.1 Å². The van der Waals surface area contributed by atoms with E-state index >= 15 is 0 Å². The first-order valence-electron chi connectivity index (χ1n) is 6.84. The molecule has 1 fully saturated rings. The third-order valence-electron chi connectivity index (χ3n) is 3.94. The van der Waals surface area contributed by atoms with Crippen molar-refractivity contribution < 1.29 is 8.91 Å². The van der Waals surface area contributed by atoms with Crippen molar-refractivity contribution in [3.63, 3.8) is 0 Å². The van der Waals surface area contributed by atoms with Crippen LogP contribution in [-0.2, 0) is 6.42 Å². The summed E-state index contributed by atoms with van der Waals surface area (Å²) in [7, 11) is 0. The van der Waals surface area contributed by atoms with Gasteiger partial charge in [0.2, 0.25) is 0 Å². The van der Waals surface area contributed by atoms with Crippen LogP contribution in [0.4, 0.5) is 10.2 Å². The molecule has 20 heavy (non-hydrogen) atoms. The molecule has 0 amide bonds. The summed E-state index contributed by atoms with van der Waals surface area (Å²) in [4.78, 5) is 0. The number of hydrogen-bond acceptors (Lipinski definition) is 3. The zero-order valence-electron chi connectivity index (χ0n) is 11.0. The Labute approximate surface area is 121 Å². The molecule has 2 aromatic rings. The monoisotopic (exact) mass is 294 g/mol. The third-order valence-corrected chi connectivity index (χ3v) is 4.25. The Morgan fingerprint density at radius 2 is 2.10 bits per heavy atom. The summed E-state index contributed by atoms with van der Waals surface area (Å²) in [6.07, 6.45) is 5.75. The van der Waals surface area contributed by atoms with Gasteiger partial charge in [0.25, 0.3) is 0 Å². The van der Waals surface area contributed by atoms with Gasteiger partial charge in [0.05, 0.1) is 10.6 Å². The van der Waals surface area contributed by atoms with Gasteiger partial charge in [-0.25, -0.2) is 4.39 Å². The van der Waals surface area contributed by atoms with Gasteiger partial charge in [-0.15, -0.1) is 0 Å². The summed E-state index contributed by atoms with van der Waals surface area (Å²) < 4.78 is 18.5. The van der Waals surface area contributed by atoms with E-state index in [4.69, 9.17) is 21.9 Å². The van der Waals surface area contributed by atoms with Crippen LogP contribution in [0.5, 0.6) is 0 Å². The van der Waals surface area contributed by atoms with Crippen molar-refractivity contribution in [3.05, 3.63) is 34.8 Å². The average molecular weight is 295 g/mol. The molecule has 1 saturated carbocycles. The molecule has 1 aliphatic rings. The first-order chi connectivity index (χ1) is 9.65. The minimum absolute atomic E-state index is 0.312. The van der Waals surface area contributed by atoms with Gasteiger partial charge in [-0.3, -0.25) is 0 Å². The Morgan fingerprint density at radius 1 is 1.35 bits per heavy atom. The quantitative estimate of drug-likeness (QED) is 0.910. The summed E-state index contributed by atoms with van der Waals surface area (Å²) >= 11 is 6.12. The highest BCUT2D eigenvalue weighted by molar-refractivity contribution is 6.33. The van der Waals surface area contributed by atoms with Crippen LogP contribution in [0.3, 0.4) is 0 Å². The number of benzene rings is 1. The number of nitrogens with zero attached hydrogens (tertiary/aromatic N) is 1. The van der Waals surface area contributed by atoms with Crippen molar-refractivity contribution in [3.8, 4) is 11.1 Å². The molecule has 0 unspecified atom stereocenters. The van der Waals surface area contributed by atoms with E-state index in [1.165, 1.54) is 37.8 Å². The minimum Gasteiger partial charge on any atom is -0.380 e. The van der Waals surface area contributed by atoms with Gasteiger partial charge in [-0.2, -0.15) is 0 Å². The van der Waals surface area contributed by atoms with E-state index in [9.17, 15) is 4.39 Å². The predicted molar refractivity (Wildman–Crippen MR) is 77.0 cm³/mol. The molecule has 3 nitrogen and oxygen atoms in total. The van der Waals surface area contributed by atoms with Crippen molar-refractivity contribution >= 4 is 17.4 Å². The van der Waals surface area contributed by atoms with Crippen LogP contribution in [0.15, 0.2) is 22.7 Å². The van der Waals surface area contributed by atoms with E-state index in [0.717, 1.165) is 12.2 Å². The molecule has 0 atom stereocenters. The van der Waals surface area contributed by atoms with Gasteiger partial charge in [0, 0.05) is 12.0 Å². The van der Waals surface area contributed by atoms with Crippen molar-refractivity contribution in [1.82, 2.24) is 5.16 Å². The van der Waals surface area contributed by atoms with Crippen LogP contribution in [0.2, 0.25) is 5.02 Å². The Morgan fingerprint density at radius 3 is 2.80 bits per heavy atom. The number of anilines is 1. The van der Waals surface area contributed by atoms with Crippen LogP contribution in [0.25, 0.3) is 11.1 Å². The molecule has 0 saturated heterocycles. The molecule has 5 heteroatoms. The summed E-state index contributed by atoms with van der Waals surface area (Å²) in [6, 6.07) is 4.27. The van der Waals surface area contributed by atoms with E-state index in [2.05, 4.69) is 5.16 Å². The first-order valence-corrected chi connectivity index (χ1v) is 7.22. The van der Waals surface area contributed by atoms with E-state index in [0.29, 0.717) is 27.9 Å². The number of hydrogen-bond donors (Lipinski definition) is 1. The molecule has 2 N–H and O–H groups in total. The molecule has 106 valence electrons. The molecular weight excluding hydrogens is 279 g/mol. The fourth-order valence-electron chi connectivity index (χ4n) is 2.93. The highest BCUT2D eigenvalue weighted by Crippen LogP contribution is 2.38. The van der Waals surface area contributed by atoms with E-state index in [1.807, 2.05) is 0 Å². The van der Waals surface area contributed by atoms with Crippen LogP contribution in [-0.4, -0.2) is 5.16 Å². The summed E-state index contributed by atoms with van der Waals surface area (Å²) in [6.45, 7) is 0. The van der Waals surface area contributed by atoms with Crippen molar-refractivity contribution in [2.24, 2.45) is 5.92 Å². The highest BCUT2D eigenvalue weighted by Gasteiger charge is 2.23. The second kappa shape index (κ2) is 5.44. The number of halogens is 2. The average Bonchev–Trinajstić information content (AvgIpc) is 3.02. The smallest absolute Gasteiger partial charge is 0.175 e. The molecule has 0 spiro atoms. The van der Waals surface area contributed by atoms with E-state index < -0.39 is 0 Å². The van der Waals surface area contributed by atoms with Crippen LogP contribution in [0.1, 0.15) is 31.4 Å². The molecule has 1 heterocycles. The van der Waals surface area contributed by atoms with Gasteiger partial charge < -0.3 is 10.3 Å². The molecule has 0 aliphatic heterocycles. The Kier molecular flexibility index (Phi) is 3.66. The Bertz CT molecular complexity index is 620. The summed E-state index contributed by atoms with van der Waals surface area (Å²) in [5.74, 6) is 1.31. The van der Waals surface area contributed by atoms with Gasteiger partial charge in [0.1, 0.15) is 11.6 Å². The fraction of sp³-hybridized carbons (Fsp3) is 0.400. The molecule has 1 aliphatic carbocycles. The van der Waals surface area contributed by atoms with E-state index in [1.54, 1.807) is 6.07 Å². The van der Waals surface area contributed by atoms with Crippen LogP contribution >= 0.6 is 11.6 Å². The number of nitrogen functional groups attached to an aromatic ring is 1. The summed E-state index contributed by atoms with van der Waals surface area (Å²) in [5.41, 5.74) is 7.29. The first kappa shape index (κ1) is 13.4. The van der Waals surface area contributed by atoms with E-state index in [-0.39, 0.29) is 5.82 Å². The molecular formula is C15H16ClFN2O. The largest absolute Gasteiger partial charge is 0.380 e. The molecule has 0 radical (unpaired) electrons. The topological polar surface area (TPSA) is 52.0 Å². The van der Waals surface area contributed by atoms with Gasteiger partial charge in [-0.05, 0) is 24.1 Å². The van der Waals surface area contributed by atoms with Gasteiger partial charge in [-0.1, -0.05) is 42.4 Å². The van der Waals surface area contributed by atoms with Crippen molar-refractivity contribution in [2.75, 3.05) is 5.73 Å². The molecule has 0 bridgehead atoms. The number of rotatable bonds is 3. The van der Waals surface area contributed by atoms with Gasteiger partial charge in [0.15, 0.2) is 5.82 Å². The standard InChI is InChI=1S/C15H16ClFN2O/c16-12-8-10(17)5-6-11(12)14-13(20-19-15(14)18)7-9-3-1-2-4-9/h5-6,8-9H,1-4,7H2,(H2,18,19). The zero-order chi connectivity index (χ0) is 14.1. The van der Waals surface area contributed by atoms with Crippen molar-refractivity contribution in [1.29, 1.82) is 0 Å². The second-order valence-corrected chi connectivity index (χ2v) is 5.75. The SMILES string of the molecule is Nc1noc(CC2CCCC2)c1-c1ccc(F)cc1Cl. The molecule has 1 aromatic heterocycles. The zero-order valence-corrected chi connectivity index (χ0v) is 11.8. The maximum atomic E-state index is 13.2. The lowest BCUT2D eigenvalue weighted by Gasteiger charge is -2.09. The minimum atomic E-state index is -0.369. The predicted octanol–water partition coefficient (Wildman–Crippen LogP) is 4.45. The maximum Gasteiger partial charge on any atom is 0.175 e. The maximum absolute atomic E-state index is 13.2. The Hall–Kier alpha value is -1.55. The van der Waals surface area contributed by atoms with Crippen LogP contribution < -0.4 is 5.73 Å². The lowest BCUT2D eigenvalue weighted by molar-refractivity contribution is 0.362. The van der Waals surface area contributed by atoms with Gasteiger partial charge >= 0.3 is 0 Å². The normalized spacial score (nSPS) is 15.9. The number of aromatic nitrogens is 1. The third kappa shape index (κ3) is 2.52. The lowest BCUT2D eigenvalue weighted by atomic mass is 9.97. The highest BCUT2D eigenvalue weighted by atomic mass is 35.5. The van der Waals surface area contributed by atoms with Crippen LogP contribution in [0, 0.1) is 11.7 Å². The molecule has 1 aromatic carbocycles. The summed E-state index contributed by atoms with van der Waals surface area (Å²) in [5, 5.41) is 4.18. The lowest BCUT2D eigenvalue weighted by Crippen LogP contribution is -2.00. The fourth-order valence-corrected chi connectivity index (χ4v) is 3.20. The molecule has 3 rings (SSSR count). The number of nitrogens with two attached hydrogens (primary N) is 1.